The van der Waals surface area contributed by atoms with E-state index in [1.165, 1.54) is 29.5 Å². The van der Waals surface area contributed by atoms with Gasteiger partial charge in [0.25, 0.3) is 0 Å². The lowest BCUT2D eigenvalue weighted by atomic mass is 10.1. The Labute approximate surface area is 180 Å². The van der Waals surface area contributed by atoms with Crippen LogP contribution in [0.15, 0.2) is 71.2 Å². The van der Waals surface area contributed by atoms with E-state index in [4.69, 9.17) is 21.1 Å². The molecule has 8 heteroatoms. The van der Waals surface area contributed by atoms with Gasteiger partial charge in [0.05, 0.1) is 11.4 Å². The quantitative estimate of drug-likeness (QED) is 0.731. The van der Waals surface area contributed by atoms with Crippen LogP contribution in [-0.2, 0) is 39.0 Å². The Morgan fingerprint density at radius 1 is 1.20 bits per heavy atom. The van der Waals surface area contributed by atoms with Crippen molar-refractivity contribution in [2.45, 2.75) is 30.7 Å². The van der Waals surface area contributed by atoms with Crippen molar-refractivity contribution in [3.05, 3.63) is 88.0 Å². The van der Waals surface area contributed by atoms with Gasteiger partial charge < -0.3 is 14.6 Å². The van der Waals surface area contributed by atoms with Crippen molar-refractivity contribution in [3.63, 3.8) is 0 Å². The van der Waals surface area contributed by atoms with Gasteiger partial charge >= 0.3 is 0 Å². The maximum atomic E-state index is 11.6. The van der Waals surface area contributed by atoms with Crippen LogP contribution in [0.25, 0.3) is 0 Å². The van der Waals surface area contributed by atoms with Crippen LogP contribution in [-0.4, -0.2) is 37.3 Å². The first-order chi connectivity index (χ1) is 14.3. The van der Waals surface area contributed by atoms with E-state index in [-0.39, 0.29) is 22.3 Å². The van der Waals surface area contributed by atoms with E-state index in [2.05, 4.69) is 17.0 Å². The number of aliphatic hydroxyl groups excluding tert-OH is 1. The van der Waals surface area contributed by atoms with Gasteiger partial charge in [0.15, 0.2) is 15.6 Å². The SMILES string of the molecule is CS(=O)(=O)c1ccc(COC2=COC(CN3Cc4ccccc4C3)=CC2O)c(Cl)c1. The fraction of sp³-hybridized carbons (Fsp3) is 0.273. The highest BCUT2D eigenvalue weighted by Gasteiger charge is 2.23. The van der Waals surface area contributed by atoms with Crippen LogP contribution in [0.5, 0.6) is 0 Å². The van der Waals surface area contributed by atoms with E-state index >= 15 is 0 Å². The first-order valence-corrected chi connectivity index (χ1v) is 11.7. The van der Waals surface area contributed by atoms with Crippen LogP contribution in [0.1, 0.15) is 16.7 Å². The minimum Gasteiger partial charge on any atom is -0.487 e. The van der Waals surface area contributed by atoms with Gasteiger partial charge in [-0.15, -0.1) is 0 Å². The molecule has 0 spiro atoms. The molecule has 1 unspecified atom stereocenters. The summed E-state index contributed by atoms with van der Waals surface area (Å²) >= 11 is 6.17. The van der Waals surface area contributed by atoms with Gasteiger partial charge in [-0.2, -0.15) is 0 Å². The number of fused-ring (bicyclic) bond motifs is 1. The molecule has 2 aliphatic rings. The van der Waals surface area contributed by atoms with Crippen molar-refractivity contribution in [3.8, 4) is 0 Å². The second kappa shape index (κ2) is 8.43. The zero-order valence-electron chi connectivity index (χ0n) is 16.4. The minimum atomic E-state index is -3.33. The summed E-state index contributed by atoms with van der Waals surface area (Å²) in [6.07, 6.45) is 3.24. The average molecular weight is 448 g/mol. The average Bonchev–Trinajstić information content (AvgIpc) is 3.09. The highest BCUT2D eigenvalue weighted by molar-refractivity contribution is 7.90. The van der Waals surface area contributed by atoms with Gasteiger partial charge in [-0.25, -0.2) is 8.42 Å². The molecule has 0 radical (unpaired) electrons. The molecule has 1 atom stereocenters. The Morgan fingerprint density at radius 3 is 2.50 bits per heavy atom. The number of nitrogens with zero attached hydrogens (tertiary/aromatic N) is 1. The van der Waals surface area contributed by atoms with Crippen molar-refractivity contribution in [1.82, 2.24) is 4.90 Å². The summed E-state index contributed by atoms with van der Waals surface area (Å²) in [4.78, 5) is 2.39. The summed E-state index contributed by atoms with van der Waals surface area (Å²) in [5.41, 5.74) is 3.24. The van der Waals surface area contributed by atoms with E-state index in [0.717, 1.165) is 19.3 Å². The Bertz CT molecular complexity index is 1100. The lowest BCUT2D eigenvalue weighted by Crippen LogP contribution is -2.24. The predicted molar refractivity (Wildman–Crippen MR) is 113 cm³/mol. The fourth-order valence-corrected chi connectivity index (χ4v) is 4.43. The normalized spacial score (nSPS) is 19.0. The van der Waals surface area contributed by atoms with Crippen LogP contribution < -0.4 is 0 Å². The van der Waals surface area contributed by atoms with E-state index in [0.29, 0.717) is 17.9 Å². The summed E-state index contributed by atoms with van der Waals surface area (Å²) in [6, 6.07) is 12.8. The van der Waals surface area contributed by atoms with Gasteiger partial charge in [0.1, 0.15) is 24.7 Å². The maximum Gasteiger partial charge on any atom is 0.175 e. The molecule has 6 nitrogen and oxygen atoms in total. The topological polar surface area (TPSA) is 76.1 Å². The number of benzene rings is 2. The second-order valence-electron chi connectivity index (χ2n) is 7.44. The summed E-state index contributed by atoms with van der Waals surface area (Å²) in [6.45, 7) is 2.37. The van der Waals surface area contributed by atoms with Crippen LogP contribution >= 0.6 is 11.6 Å². The largest absolute Gasteiger partial charge is 0.487 e. The molecule has 0 saturated heterocycles. The molecule has 2 aromatic rings. The molecule has 2 aromatic carbocycles. The molecule has 30 heavy (non-hydrogen) atoms. The third kappa shape index (κ3) is 4.70. The van der Waals surface area contributed by atoms with E-state index in [9.17, 15) is 13.5 Å². The molecule has 0 amide bonds. The van der Waals surface area contributed by atoms with Crippen molar-refractivity contribution in [1.29, 1.82) is 0 Å². The lowest BCUT2D eigenvalue weighted by molar-refractivity contribution is 0.0921. The summed E-state index contributed by atoms with van der Waals surface area (Å²) in [5.74, 6) is 0.935. The van der Waals surface area contributed by atoms with Crippen molar-refractivity contribution >= 4 is 21.4 Å². The summed E-state index contributed by atoms with van der Waals surface area (Å²) < 4.78 is 34.5. The Hall–Kier alpha value is -2.32. The zero-order valence-corrected chi connectivity index (χ0v) is 18.0. The molecular formula is C22H22ClNO5S. The van der Waals surface area contributed by atoms with Crippen LogP contribution in [0.4, 0.5) is 0 Å². The predicted octanol–water partition coefficient (Wildman–Crippen LogP) is 3.39. The van der Waals surface area contributed by atoms with E-state index < -0.39 is 15.9 Å². The number of sulfone groups is 1. The lowest BCUT2D eigenvalue weighted by Gasteiger charge is -2.23. The zero-order chi connectivity index (χ0) is 21.3. The molecule has 2 aliphatic heterocycles. The maximum absolute atomic E-state index is 11.6. The molecule has 0 bridgehead atoms. The molecule has 1 N–H and O–H groups in total. The first kappa shape index (κ1) is 20.9. The van der Waals surface area contributed by atoms with Gasteiger partial charge in [-0.1, -0.05) is 41.9 Å². The van der Waals surface area contributed by atoms with Gasteiger partial charge in [-0.05, 0) is 29.3 Å². The molecule has 0 aromatic heterocycles. The number of aliphatic hydroxyl groups is 1. The van der Waals surface area contributed by atoms with Crippen LogP contribution in [0.2, 0.25) is 5.02 Å². The minimum absolute atomic E-state index is 0.0831. The van der Waals surface area contributed by atoms with Gasteiger partial charge in [0.2, 0.25) is 0 Å². The molecule has 2 heterocycles. The summed E-state index contributed by atoms with van der Waals surface area (Å²) in [5, 5.41) is 10.7. The molecule has 158 valence electrons. The standard InChI is InChI=1S/C22H22ClNO5S/c1-30(26,27)19-7-6-17(20(23)9-19)13-29-22-14-28-18(8-21(22)25)12-24-10-15-4-2-3-5-16(15)11-24/h2-9,14,21,25H,10-13H2,1H3. The number of halogens is 1. The number of hydrogen-bond acceptors (Lipinski definition) is 6. The Kier molecular flexibility index (Phi) is 5.88. The number of rotatable bonds is 6. The third-order valence-corrected chi connectivity index (χ3v) is 6.56. The van der Waals surface area contributed by atoms with Gasteiger partial charge in [0, 0.05) is 29.9 Å². The third-order valence-electron chi connectivity index (χ3n) is 5.09. The fourth-order valence-electron chi connectivity index (χ4n) is 3.48. The monoisotopic (exact) mass is 447 g/mol. The number of hydrogen-bond donors (Lipinski definition) is 1. The second-order valence-corrected chi connectivity index (χ2v) is 9.87. The van der Waals surface area contributed by atoms with Crippen molar-refractivity contribution in [2.24, 2.45) is 0 Å². The molecular weight excluding hydrogens is 426 g/mol. The smallest absolute Gasteiger partial charge is 0.175 e. The first-order valence-electron chi connectivity index (χ1n) is 9.45. The molecule has 0 aliphatic carbocycles. The summed E-state index contributed by atoms with van der Waals surface area (Å²) in [7, 11) is -3.33. The highest BCUT2D eigenvalue weighted by Crippen LogP contribution is 2.26. The van der Waals surface area contributed by atoms with Crippen LogP contribution in [0.3, 0.4) is 0 Å². The van der Waals surface area contributed by atoms with E-state index in [1.54, 1.807) is 12.1 Å². The van der Waals surface area contributed by atoms with Gasteiger partial charge in [-0.3, -0.25) is 4.90 Å². The van der Waals surface area contributed by atoms with Crippen molar-refractivity contribution < 1.29 is 23.0 Å². The number of ether oxygens (including phenoxy) is 2. The van der Waals surface area contributed by atoms with E-state index in [1.807, 2.05) is 12.1 Å². The molecule has 4 rings (SSSR count). The Balaban J connectivity index is 1.33. The molecule has 0 fully saturated rings. The van der Waals surface area contributed by atoms with Crippen molar-refractivity contribution in [2.75, 3.05) is 12.8 Å². The van der Waals surface area contributed by atoms with Crippen LogP contribution in [0, 0.1) is 0 Å². The Morgan fingerprint density at radius 2 is 1.90 bits per heavy atom. The molecule has 0 saturated carbocycles. The highest BCUT2D eigenvalue weighted by atomic mass is 35.5.